The molecule has 4 heteroatoms. The summed E-state index contributed by atoms with van der Waals surface area (Å²) in [6.07, 6.45) is 2.60. The summed E-state index contributed by atoms with van der Waals surface area (Å²) in [5.41, 5.74) is 0. The average Bonchev–Trinajstić information content (AvgIpc) is 2.82. The Morgan fingerprint density at radius 3 is 2.72 bits per heavy atom. The Bertz CT molecular complexity index is 277. The summed E-state index contributed by atoms with van der Waals surface area (Å²) >= 11 is 0. The summed E-state index contributed by atoms with van der Waals surface area (Å²) in [4.78, 5) is 16.7. The first-order chi connectivity index (χ1) is 8.67. The first kappa shape index (κ1) is 13.8. The lowest BCUT2D eigenvalue weighted by atomic mass is 9.94. The Balaban J connectivity index is 1.93. The smallest absolute Gasteiger partial charge is 0.239 e. The van der Waals surface area contributed by atoms with Gasteiger partial charge in [0.15, 0.2) is 0 Å². The largest absolute Gasteiger partial charge is 0.342 e. The fraction of sp³-hybridized carbons (Fsp3) is 0.929. The number of rotatable bonds is 4. The SMILES string of the molecule is CCN(CC)C(=O)C(C)N1CC2CCCNC2C1. The summed E-state index contributed by atoms with van der Waals surface area (Å²) in [5, 5.41) is 3.60. The van der Waals surface area contributed by atoms with Crippen molar-refractivity contribution < 1.29 is 4.79 Å². The molecule has 3 unspecified atom stereocenters. The summed E-state index contributed by atoms with van der Waals surface area (Å²) in [6, 6.07) is 0.656. The molecule has 0 aromatic heterocycles. The highest BCUT2D eigenvalue weighted by atomic mass is 16.2. The second-order valence-electron chi connectivity index (χ2n) is 5.60. The van der Waals surface area contributed by atoms with Crippen LogP contribution in [0.15, 0.2) is 0 Å². The van der Waals surface area contributed by atoms with Crippen LogP contribution in [-0.2, 0) is 4.79 Å². The normalized spacial score (nSPS) is 29.9. The minimum Gasteiger partial charge on any atom is -0.342 e. The van der Waals surface area contributed by atoms with Crippen molar-refractivity contribution in [3.8, 4) is 0 Å². The zero-order valence-corrected chi connectivity index (χ0v) is 12.0. The summed E-state index contributed by atoms with van der Waals surface area (Å²) in [6.45, 7) is 11.1. The van der Waals surface area contributed by atoms with Gasteiger partial charge in [0.2, 0.25) is 5.91 Å². The van der Waals surface area contributed by atoms with Crippen molar-refractivity contribution in [1.82, 2.24) is 15.1 Å². The molecule has 0 aromatic rings. The van der Waals surface area contributed by atoms with Crippen molar-refractivity contribution >= 4 is 5.91 Å². The highest BCUT2D eigenvalue weighted by Gasteiger charge is 2.38. The van der Waals surface area contributed by atoms with Crippen LogP contribution in [0.3, 0.4) is 0 Å². The number of likely N-dealkylation sites (tertiary alicyclic amines) is 1. The number of hydrogen-bond acceptors (Lipinski definition) is 3. The molecule has 2 rings (SSSR count). The van der Waals surface area contributed by atoms with Gasteiger partial charge in [0.1, 0.15) is 0 Å². The molecule has 2 fully saturated rings. The maximum atomic E-state index is 12.4. The second-order valence-corrected chi connectivity index (χ2v) is 5.60. The molecule has 0 radical (unpaired) electrons. The van der Waals surface area contributed by atoms with E-state index in [1.54, 1.807) is 0 Å². The van der Waals surface area contributed by atoms with Crippen LogP contribution in [0.1, 0.15) is 33.6 Å². The summed E-state index contributed by atoms with van der Waals surface area (Å²) < 4.78 is 0. The number of likely N-dealkylation sites (N-methyl/N-ethyl adjacent to an activating group) is 1. The molecule has 4 nitrogen and oxygen atoms in total. The van der Waals surface area contributed by atoms with E-state index in [2.05, 4.69) is 31.0 Å². The topological polar surface area (TPSA) is 35.6 Å². The molecule has 104 valence electrons. The lowest BCUT2D eigenvalue weighted by molar-refractivity contribution is -0.135. The molecule has 0 aromatic carbocycles. The van der Waals surface area contributed by atoms with Gasteiger partial charge in [-0.2, -0.15) is 0 Å². The number of amides is 1. The van der Waals surface area contributed by atoms with Gasteiger partial charge in [0, 0.05) is 32.2 Å². The molecule has 0 bridgehead atoms. The van der Waals surface area contributed by atoms with E-state index < -0.39 is 0 Å². The fourth-order valence-electron chi connectivity index (χ4n) is 3.35. The van der Waals surface area contributed by atoms with Gasteiger partial charge >= 0.3 is 0 Å². The Labute approximate surface area is 111 Å². The Hall–Kier alpha value is -0.610. The lowest BCUT2D eigenvalue weighted by Gasteiger charge is -2.29. The molecule has 2 heterocycles. The monoisotopic (exact) mass is 253 g/mol. The van der Waals surface area contributed by atoms with E-state index in [9.17, 15) is 4.79 Å². The predicted octanol–water partition coefficient (Wildman–Crippen LogP) is 0.927. The zero-order chi connectivity index (χ0) is 13.1. The molecular weight excluding hydrogens is 226 g/mol. The molecule has 0 aliphatic carbocycles. The van der Waals surface area contributed by atoms with E-state index in [4.69, 9.17) is 0 Å². The maximum Gasteiger partial charge on any atom is 0.239 e. The van der Waals surface area contributed by atoms with Gasteiger partial charge in [-0.05, 0) is 46.1 Å². The first-order valence-corrected chi connectivity index (χ1v) is 7.43. The number of fused-ring (bicyclic) bond motifs is 1. The minimum atomic E-state index is 0.0392. The van der Waals surface area contributed by atoms with Crippen LogP contribution in [0.2, 0.25) is 0 Å². The number of nitrogens with zero attached hydrogens (tertiary/aromatic N) is 2. The van der Waals surface area contributed by atoms with Crippen molar-refractivity contribution in [3.63, 3.8) is 0 Å². The van der Waals surface area contributed by atoms with Gasteiger partial charge < -0.3 is 10.2 Å². The number of carbonyl (C=O) groups excluding carboxylic acids is 1. The van der Waals surface area contributed by atoms with Gasteiger partial charge in [-0.25, -0.2) is 0 Å². The van der Waals surface area contributed by atoms with Crippen molar-refractivity contribution in [2.45, 2.75) is 45.7 Å². The Morgan fingerprint density at radius 1 is 1.39 bits per heavy atom. The Morgan fingerprint density at radius 2 is 2.11 bits per heavy atom. The van der Waals surface area contributed by atoms with Crippen molar-refractivity contribution in [2.24, 2.45) is 5.92 Å². The van der Waals surface area contributed by atoms with Gasteiger partial charge in [0.25, 0.3) is 0 Å². The van der Waals surface area contributed by atoms with E-state index in [1.807, 2.05) is 4.90 Å². The van der Waals surface area contributed by atoms with E-state index >= 15 is 0 Å². The molecule has 0 spiro atoms. The van der Waals surface area contributed by atoms with E-state index in [0.717, 1.165) is 38.6 Å². The maximum absolute atomic E-state index is 12.4. The number of hydrogen-bond donors (Lipinski definition) is 1. The minimum absolute atomic E-state index is 0.0392. The van der Waals surface area contributed by atoms with Crippen LogP contribution in [0.5, 0.6) is 0 Å². The molecule has 3 atom stereocenters. The molecule has 2 aliphatic rings. The third-order valence-corrected chi connectivity index (χ3v) is 4.61. The zero-order valence-electron chi connectivity index (χ0n) is 12.0. The van der Waals surface area contributed by atoms with E-state index in [1.165, 1.54) is 12.8 Å². The Kier molecular flexibility index (Phi) is 4.62. The van der Waals surface area contributed by atoms with Crippen LogP contribution >= 0.6 is 0 Å². The number of piperidine rings is 1. The van der Waals surface area contributed by atoms with Gasteiger partial charge in [-0.1, -0.05) is 0 Å². The third kappa shape index (κ3) is 2.69. The quantitative estimate of drug-likeness (QED) is 0.809. The molecule has 0 saturated carbocycles. The summed E-state index contributed by atoms with van der Waals surface area (Å²) in [5.74, 6) is 1.05. The average molecular weight is 253 g/mol. The lowest BCUT2D eigenvalue weighted by Crippen LogP contribution is -2.47. The number of nitrogens with one attached hydrogen (secondary N) is 1. The highest BCUT2D eigenvalue weighted by Crippen LogP contribution is 2.26. The van der Waals surface area contributed by atoms with Crippen LogP contribution in [0.25, 0.3) is 0 Å². The molecule has 2 aliphatic heterocycles. The summed E-state index contributed by atoms with van der Waals surface area (Å²) in [7, 11) is 0. The van der Waals surface area contributed by atoms with Crippen LogP contribution < -0.4 is 5.32 Å². The van der Waals surface area contributed by atoms with Crippen LogP contribution in [0.4, 0.5) is 0 Å². The molecule has 1 N–H and O–H groups in total. The second kappa shape index (κ2) is 6.02. The van der Waals surface area contributed by atoms with Crippen LogP contribution in [-0.4, -0.2) is 60.5 Å². The molecule has 2 saturated heterocycles. The van der Waals surface area contributed by atoms with Crippen molar-refractivity contribution in [1.29, 1.82) is 0 Å². The van der Waals surface area contributed by atoms with Gasteiger partial charge in [0.05, 0.1) is 6.04 Å². The molecule has 18 heavy (non-hydrogen) atoms. The standard InChI is InChI=1S/C14H27N3O/c1-4-16(5-2)14(18)11(3)17-9-12-7-6-8-15-13(12)10-17/h11-13,15H,4-10H2,1-3H3. The predicted molar refractivity (Wildman–Crippen MR) is 73.5 cm³/mol. The van der Waals surface area contributed by atoms with Crippen LogP contribution in [0, 0.1) is 5.92 Å². The van der Waals surface area contributed by atoms with Gasteiger partial charge in [-0.15, -0.1) is 0 Å². The van der Waals surface area contributed by atoms with Gasteiger partial charge in [-0.3, -0.25) is 9.69 Å². The first-order valence-electron chi connectivity index (χ1n) is 7.43. The van der Waals surface area contributed by atoms with Crippen molar-refractivity contribution in [2.75, 3.05) is 32.7 Å². The number of carbonyl (C=O) groups is 1. The molecule has 1 amide bonds. The van der Waals surface area contributed by atoms with E-state index in [0.29, 0.717) is 11.9 Å². The van der Waals surface area contributed by atoms with Crippen molar-refractivity contribution in [3.05, 3.63) is 0 Å². The molecular formula is C14H27N3O. The highest BCUT2D eigenvalue weighted by molar-refractivity contribution is 5.81. The third-order valence-electron chi connectivity index (χ3n) is 4.61. The van der Waals surface area contributed by atoms with E-state index in [-0.39, 0.29) is 6.04 Å². The fourth-order valence-corrected chi connectivity index (χ4v) is 3.35.